The maximum absolute atomic E-state index is 4.20. The molecule has 1 aliphatic rings. The van der Waals surface area contributed by atoms with Crippen LogP contribution in [0.4, 0.5) is 0 Å². The maximum Gasteiger partial charge on any atom is 0.183 e. The summed E-state index contributed by atoms with van der Waals surface area (Å²) >= 11 is 6.89. The van der Waals surface area contributed by atoms with Gasteiger partial charge in [-0.05, 0) is 27.6 Å². The Labute approximate surface area is 104 Å². The number of hydrogen-bond donors (Lipinski definition) is 0. The lowest BCUT2D eigenvalue weighted by molar-refractivity contribution is 0.876. The van der Waals surface area contributed by atoms with Gasteiger partial charge >= 0.3 is 0 Å². The third kappa shape index (κ3) is 1.73. The molecular formula is C10H7BrN2S2. The van der Waals surface area contributed by atoms with Crippen molar-refractivity contribution >= 4 is 39.0 Å². The number of benzene rings is 1. The SMILES string of the molecule is Brc1nnc(C2CSc3ccccc32)s1. The molecule has 0 saturated heterocycles. The number of nitrogens with zero attached hydrogens (tertiary/aromatic N) is 2. The Morgan fingerprint density at radius 2 is 2.13 bits per heavy atom. The molecular weight excluding hydrogens is 292 g/mol. The summed E-state index contributed by atoms with van der Waals surface area (Å²) in [6.45, 7) is 0. The molecule has 0 N–H and O–H groups in total. The minimum atomic E-state index is 0.426. The first-order valence-electron chi connectivity index (χ1n) is 4.55. The fourth-order valence-electron chi connectivity index (χ4n) is 1.72. The van der Waals surface area contributed by atoms with Crippen molar-refractivity contribution in [3.8, 4) is 0 Å². The molecule has 1 unspecified atom stereocenters. The van der Waals surface area contributed by atoms with Crippen LogP contribution < -0.4 is 0 Å². The first kappa shape index (κ1) is 9.81. The molecule has 2 heterocycles. The Kier molecular flexibility index (Phi) is 2.54. The summed E-state index contributed by atoms with van der Waals surface area (Å²) in [5.74, 6) is 1.51. The number of halogens is 1. The van der Waals surface area contributed by atoms with Crippen LogP contribution in [0.25, 0.3) is 0 Å². The zero-order valence-corrected chi connectivity index (χ0v) is 10.9. The molecule has 0 radical (unpaired) electrons. The topological polar surface area (TPSA) is 25.8 Å². The molecule has 1 atom stereocenters. The Morgan fingerprint density at radius 1 is 1.27 bits per heavy atom. The van der Waals surface area contributed by atoms with Gasteiger partial charge in [-0.3, -0.25) is 0 Å². The highest BCUT2D eigenvalue weighted by Gasteiger charge is 2.26. The van der Waals surface area contributed by atoms with E-state index in [2.05, 4.69) is 50.4 Å². The van der Waals surface area contributed by atoms with Gasteiger partial charge in [0.2, 0.25) is 0 Å². The van der Waals surface area contributed by atoms with Crippen LogP contribution in [0.3, 0.4) is 0 Å². The molecule has 1 aromatic heterocycles. The van der Waals surface area contributed by atoms with E-state index < -0.39 is 0 Å². The Bertz CT molecular complexity index is 498. The van der Waals surface area contributed by atoms with Crippen molar-refractivity contribution in [2.75, 3.05) is 5.75 Å². The standard InChI is InChI=1S/C10H7BrN2S2/c11-10-13-12-9(15-10)7-5-14-8-4-2-1-3-6(7)8/h1-4,7H,5H2. The third-order valence-electron chi connectivity index (χ3n) is 2.41. The predicted molar refractivity (Wildman–Crippen MR) is 66.6 cm³/mol. The molecule has 3 rings (SSSR count). The lowest BCUT2D eigenvalue weighted by atomic mass is 10.0. The monoisotopic (exact) mass is 298 g/mol. The molecule has 0 aliphatic carbocycles. The first-order valence-corrected chi connectivity index (χ1v) is 7.15. The summed E-state index contributed by atoms with van der Waals surface area (Å²) in [5, 5.41) is 9.33. The van der Waals surface area contributed by atoms with Crippen molar-refractivity contribution in [1.29, 1.82) is 0 Å². The van der Waals surface area contributed by atoms with Gasteiger partial charge in [0, 0.05) is 16.6 Å². The van der Waals surface area contributed by atoms with E-state index >= 15 is 0 Å². The molecule has 5 heteroatoms. The quantitative estimate of drug-likeness (QED) is 0.805. The summed E-state index contributed by atoms with van der Waals surface area (Å²) < 4.78 is 0.867. The summed E-state index contributed by atoms with van der Waals surface area (Å²) in [7, 11) is 0. The highest BCUT2D eigenvalue weighted by molar-refractivity contribution is 9.11. The van der Waals surface area contributed by atoms with Crippen LogP contribution >= 0.6 is 39.0 Å². The summed E-state index contributed by atoms with van der Waals surface area (Å²) in [6, 6.07) is 8.55. The maximum atomic E-state index is 4.20. The van der Waals surface area contributed by atoms with Crippen LogP contribution in [-0.2, 0) is 0 Å². The normalized spacial score (nSPS) is 19.1. The molecule has 0 saturated carbocycles. The summed E-state index contributed by atoms with van der Waals surface area (Å²) in [4.78, 5) is 1.38. The van der Waals surface area contributed by atoms with Gasteiger partial charge < -0.3 is 0 Å². The molecule has 2 aromatic rings. The fraction of sp³-hybridized carbons (Fsp3) is 0.200. The van der Waals surface area contributed by atoms with Crippen LogP contribution in [0.2, 0.25) is 0 Å². The summed E-state index contributed by atoms with van der Waals surface area (Å²) in [6.07, 6.45) is 0. The van der Waals surface area contributed by atoms with Crippen molar-refractivity contribution < 1.29 is 0 Å². The van der Waals surface area contributed by atoms with E-state index in [0.29, 0.717) is 5.92 Å². The summed E-state index contributed by atoms with van der Waals surface area (Å²) in [5.41, 5.74) is 1.39. The molecule has 2 nitrogen and oxygen atoms in total. The van der Waals surface area contributed by atoms with Crippen molar-refractivity contribution in [2.24, 2.45) is 0 Å². The van der Waals surface area contributed by atoms with Crippen LogP contribution in [0.1, 0.15) is 16.5 Å². The number of thioether (sulfide) groups is 1. The van der Waals surface area contributed by atoms with Gasteiger partial charge in [-0.2, -0.15) is 0 Å². The van der Waals surface area contributed by atoms with E-state index in [1.165, 1.54) is 10.5 Å². The lowest BCUT2D eigenvalue weighted by Gasteiger charge is -2.04. The number of hydrogen-bond acceptors (Lipinski definition) is 4. The zero-order valence-electron chi connectivity index (χ0n) is 7.68. The average Bonchev–Trinajstić information content (AvgIpc) is 2.83. The molecule has 0 fully saturated rings. The highest BCUT2D eigenvalue weighted by Crippen LogP contribution is 2.43. The first-order chi connectivity index (χ1) is 7.34. The van der Waals surface area contributed by atoms with Gasteiger partial charge in [0.25, 0.3) is 0 Å². The number of rotatable bonds is 1. The van der Waals surface area contributed by atoms with Gasteiger partial charge in [0.1, 0.15) is 5.01 Å². The Hall–Kier alpha value is -0.390. The Morgan fingerprint density at radius 3 is 2.93 bits per heavy atom. The molecule has 0 amide bonds. The van der Waals surface area contributed by atoms with Crippen molar-refractivity contribution in [3.63, 3.8) is 0 Å². The van der Waals surface area contributed by atoms with Crippen LogP contribution in [-0.4, -0.2) is 16.0 Å². The van der Waals surface area contributed by atoms with Crippen molar-refractivity contribution in [3.05, 3.63) is 38.8 Å². The second-order valence-electron chi connectivity index (χ2n) is 3.29. The number of fused-ring (bicyclic) bond motifs is 1. The Balaban J connectivity index is 2.04. The smallest absolute Gasteiger partial charge is 0.142 e. The van der Waals surface area contributed by atoms with Gasteiger partial charge in [-0.15, -0.1) is 22.0 Å². The van der Waals surface area contributed by atoms with Gasteiger partial charge in [0.15, 0.2) is 3.92 Å². The fourth-order valence-corrected chi connectivity index (χ4v) is 4.33. The average molecular weight is 299 g/mol. The van der Waals surface area contributed by atoms with Gasteiger partial charge in [0.05, 0.1) is 0 Å². The van der Waals surface area contributed by atoms with E-state index in [-0.39, 0.29) is 0 Å². The molecule has 1 aromatic carbocycles. The molecule has 0 spiro atoms. The molecule has 0 bridgehead atoms. The van der Waals surface area contributed by atoms with Gasteiger partial charge in [-0.25, -0.2) is 0 Å². The van der Waals surface area contributed by atoms with Gasteiger partial charge in [-0.1, -0.05) is 29.5 Å². The minimum Gasteiger partial charge on any atom is -0.142 e. The highest BCUT2D eigenvalue weighted by atomic mass is 79.9. The van der Waals surface area contributed by atoms with E-state index in [0.717, 1.165) is 14.7 Å². The largest absolute Gasteiger partial charge is 0.183 e. The molecule has 76 valence electrons. The van der Waals surface area contributed by atoms with Crippen LogP contribution in [0.15, 0.2) is 33.1 Å². The number of aromatic nitrogens is 2. The zero-order chi connectivity index (χ0) is 10.3. The lowest BCUT2D eigenvalue weighted by Crippen LogP contribution is -1.98. The molecule has 15 heavy (non-hydrogen) atoms. The second kappa shape index (κ2) is 3.88. The van der Waals surface area contributed by atoms with Crippen LogP contribution in [0, 0.1) is 0 Å². The van der Waals surface area contributed by atoms with E-state index in [4.69, 9.17) is 0 Å². The van der Waals surface area contributed by atoms with Crippen LogP contribution in [0.5, 0.6) is 0 Å². The minimum absolute atomic E-state index is 0.426. The van der Waals surface area contributed by atoms with Crippen molar-refractivity contribution in [1.82, 2.24) is 10.2 Å². The van der Waals surface area contributed by atoms with Crippen molar-refractivity contribution in [2.45, 2.75) is 10.8 Å². The second-order valence-corrected chi connectivity index (χ2v) is 6.64. The van der Waals surface area contributed by atoms with E-state index in [1.54, 1.807) is 11.3 Å². The molecule has 1 aliphatic heterocycles. The van der Waals surface area contributed by atoms with E-state index in [9.17, 15) is 0 Å². The van der Waals surface area contributed by atoms with E-state index in [1.807, 2.05) is 11.8 Å². The third-order valence-corrected chi connectivity index (χ3v) is 5.07. The predicted octanol–water partition coefficient (Wildman–Crippen LogP) is 3.54.